The van der Waals surface area contributed by atoms with Gasteiger partial charge in [0.2, 0.25) is 5.78 Å². The highest BCUT2D eigenvalue weighted by molar-refractivity contribution is 6.28. The molecule has 4 heteroatoms. The van der Waals surface area contributed by atoms with Crippen molar-refractivity contribution >= 4 is 27.8 Å². The number of rotatable bonds is 3. The molecule has 1 N–H and O–H groups in total. The van der Waals surface area contributed by atoms with Crippen LogP contribution in [0, 0.1) is 22.7 Å². The minimum absolute atomic E-state index is 0.0857. The summed E-state index contributed by atoms with van der Waals surface area (Å²) < 4.78 is 0. The zero-order chi connectivity index (χ0) is 18.1. The van der Waals surface area contributed by atoms with Crippen molar-refractivity contribution in [1.82, 2.24) is 0 Å². The van der Waals surface area contributed by atoms with Crippen LogP contribution in [0.4, 0.5) is 5.69 Å². The highest BCUT2D eigenvalue weighted by Crippen LogP contribution is 2.39. The van der Waals surface area contributed by atoms with E-state index in [1.807, 2.05) is 60.7 Å². The van der Waals surface area contributed by atoms with Crippen LogP contribution < -0.4 is 5.32 Å². The van der Waals surface area contributed by atoms with Crippen molar-refractivity contribution < 1.29 is 4.79 Å². The van der Waals surface area contributed by atoms with Crippen molar-refractivity contribution in [3.63, 3.8) is 0 Å². The van der Waals surface area contributed by atoms with Gasteiger partial charge in [-0.15, -0.1) is 0 Å². The van der Waals surface area contributed by atoms with Gasteiger partial charge in [-0.25, -0.2) is 0 Å². The Morgan fingerprint density at radius 1 is 0.808 bits per heavy atom. The molecule has 3 aromatic rings. The Morgan fingerprint density at radius 3 is 2.31 bits per heavy atom. The standard InChI is InChI=1S/C22H13N3O/c23-11-18-15-9-10-20(25-13-14-5-2-1-3-6-14)16-7-4-8-17(21(15)16)22(26)19(18)12-24/h1-10,25H,13H2. The fourth-order valence-electron chi connectivity index (χ4n) is 3.36. The van der Waals surface area contributed by atoms with Crippen molar-refractivity contribution in [2.75, 3.05) is 5.32 Å². The Hall–Kier alpha value is -3.89. The summed E-state index contributed by atoms with van der Waals surface area (Å²) >= 11 is 0. The van der Waals surface area contributed by atoms with E-state index in [1.165, 1.54) is 0 Å². The minimum Gasteiger partial charge on any atom is -0.380 e. The molecule has 0 radical (unpaired) electrons. The maximum atomic E-state index is 12.6. The van der Waals surface area contributed by atoms with Gasteiger partial charge in [-0.1, -0.05) is 54.6 Å². The number of carbonyl (C=O) groups excluding carboxylic acids is 1. The Morgan fingerprint density at radius 2 is 1.58 bits per heavy atom. The van der Waals surface area contributed by atoms with Crippen molar-refractivity contribution in [3.8, 4) is 12.1 Å². The Kier molecular flexibility index (Phi) is 3.73. The van der Waals surface area contributed by atoms with Gasteiger partial charge in [0, 0.05) is 34.1 Å². The fraction of sp³-hybridized carbons (Fsp3) is 0.0455. The van der Waals surface area contributed by atoms with E-state index < -0.39 is 0 Å². The zero-order valence-corrected chi connectivity index (χ0v) is 13.8. The lowest BCUT2D eigenvalue weighted by molar-refractivity contribution is 0.104. The first kappa shape index (κ1) is 15.6. The van der Waals surface area contributed by atoms with Gasteiger partial charge in [0.05, 0.1) is 5.57 Å². The molecule has 0 bridgehead atoms. The largest absolute Gasteiger partial charge is 0.380 e. The third-order valence-electron chi connectivity index (χ3n) is 4.58. The molecule has 26 heavy (non-hydrogen) atoms. The van der Waals surface area contributed by atoms with E-state index in [-0.39, 0.29) is 16.9 Å². The van der Waals surface area contributed by atoms with Crippen molar-refractivity contribution in [1.29, 1.82) is 10.5 Å². The maximum Gasteiger partial charge on any atom is 0.205 e. The monoisotopic (exact) mass is 335 g/mol. The second-order valence-electron chi connectivity index (χ2n) is 6.03. The van der Waals surface area contributed by atoms with Crippen LogP contribution in [0.25, 0.3) is 16.3 Å². The lowest BCUT2D eigenvalue weighted by Crippen LogP contribution is -2.12. The topological polar surface area (TPSA) is 76.7 Å². The van der Waals surface area contributed by atoms with Crippen LogP contribution in [0.15, 0.2) is 66.2 Å². The van der Waals surface area contributed by atoms with Gasteiger partial charge < -0.3 is 5.32 Å². The molecule has 0 saturated heterocycles. The normalized spacial score (nSPS) is 12.6. The Labute approximate surface area is 150 Å². The number of ketones is 1. The van der Waals surface area contributed by atoms with Crippen LogP contribution in [-0.2, 0) is 6.54 Å². The first-order chi connectivity index (χ1) is 12.7. The number of anilines is 1. The van der Waals surface area contributed by atoms with E-state index in [9.17, 15) is 15.3 Å². The van der Waals surface area contributed by atoms with E-state index in [4.69, 9.17) is 0 Å². The van der Waals surface area contributed by atoms with Gasteiger partial charge in [0.15, 0.2) is 0 Å². The number of nitrogens with zero attached hydrogens (tertiary/aromatic N) is 2. The van der Waals surface area contributed by atoms with Crippen LogP contribution in [0.1, 0.15) is 21.5 Å². The van der Waals surface area contributed by atoms with E-state index >= 15 is 0 Å². The molecule has 0 saturated carbocycles. The summed E-state index contributed by atoms with van der Waals surface area (Å²) in [7, 11) is 0. The van der Waals surface area contributed by atoms with Gasteiger partial charge in [0.25, 0.3) is 0 Å². The summed E-state index contributed by atoms with van der Waals surface area (Å²) in [6.07, 6.45) is 0. The molecule has 1 aliphatic carbocycles. The predicted octanol–water partition coefficient (Wildman–Crippen LogP) is 4.45. The number of nitriles is 2. The van der Waals surface area contributed by atoms with Crippen LogP contribution in [-0.4, -0.2) is 5.78 Å². The summed E-state index contributed by atoms with van der Waals surface area (Å²) in [6.45, 7) is 0.651. The second-order valence-corrected chi connectivity index (χ2v) is 6.03. The Balaban J connectivity index is 1.87. The molecule has 0 atom stereocenters. The minimum atomic E-state index is -0.387. The summed E-state index contributed by atoms with van der Waals surface area (Å²) in [5.74, 6) is -0.387. The number of carbonyl (C=O) groups is 1. The van der Waals surface area contributed by atoms with Crippen LogP contribution in [0.5, 0.6) is 0 Å². The SMILES string of the molecule is N#CC1=C(C#N)c2ccc(NCc3ccccc3)c3cccc(c23)C1=O. The molecule has 0 heterocycles. The summed E-state index contributed by atoms with van der Waals surface area (Å²) in [5.41, 5.74) is 3.21. The molecular weight excluding hydrogens is 322 g/mol. The van der Waals surface area contributed by atoms with Crippen molar-refractivity contribution in [2.24, 2.45) is 0 Å². The van der Waals surface area contributed by atoms with Gasteiger partial charge in [-0.2, -0.15) is 10.5 Å². The first-order valence-electron chi connectivity index (χ1n) is 8.17. The molecule has 122 valence electrons. The molecule has 0 spiro atoms. The average molecular weight is 335 g/mol. The van der Waals surface area contributed by atoms with E-state index in [1.54, 1.807) is 12.1 Å². The molecule has 0 unspecified atom stereocenters. The van der Waals surface area contributed by atoms with Crippen LogP contribution in [0.2, 0.25) is 0 Å². The highest BCUT2D eigenvalue weighted by Gasteiger charge is 2.28. The molecule has 0 aliphatic heterocycles. The molecule has 0 fully saturated rings. The second kappa shape index (κ2) is 6.20. The van der Waals surface area contributed by atoms with E-state index in [2.05, 4.69) is 5.32 Å². The molecule has 3 aromatic carbocycles. The van der Waals surface area contributed by atoms with Gasteiger partial charge >= 0.3 is 0 Å². The summed E-state index contributed by atoms with van der Waals surface area (Å²) in [5, 5.41) is 23.8. The number of hydrogen-bond donors (Lipinski definition) is 1. The number of hydrogen-bond acceptors (Lipinski definition) is 4. The van der Waals surface area contributed by atoms with Gasteiger partial charge in [0.1, 0.15) is 17.7 Å². The van der Waals surface area contributed by atoms with Gasteiger partial charge in [-0.05, 0) is 11.6 Å². The maximum absolute atomic E-state index is 12.6. The van der Waals surface area contributed by atoms with Gasteiger partial charge in [-0.3, -0.25) is 4.79 Å². The fourth-order valence-corrected chi connectivity index (χ4v) is 3.36. The lowest BCUT2D eigenvalue weighted by Gasteiger charge is -2.19. The molecule has 4 rings (SSSR count). The van der Waals surface area contributed by atoms with Crippen LogP contribution in [0.3, 0.4) is 0 Å². The van der Waals surface area contributed by atoms with Crippen molar-refractivity contribution in [3.05, 3.63) is 82.9 Å². The molecule has 0 aromatic heterocycles. The zero-order valence-electron chi connectivity index (χ0n) is 13.8. The molecular formula is C22H13N3O. The van der Waals surface area contributed by atoms with Crippen LogP contribution >= 0.6 is 0 Å². The molecule has 1 aliphatic rings. The quantitative estimate of drug-likeness (QED) is 0.767. The highest BCUT2D eigenvalue weighted by atomic mass is 16.1. The predicted molar refractivity (Wildman–Crippen MR) is 100 cm³/mol. The van der Waals surface area contributed by atoms with Crippen molar-refractivity contribution in [2.45, 2.75) is 6.54 Å². The third kappa shape index (κ3) is 2.33. The van der Waals surface area contributed by atoms with E-state index in [0.717, 1.165) is 22.0 Å². The summed E-state index contributed by atoms with van der Waals surface area (Å²) in [6, 6.07) is 23.1. The first-order valence-corrected chi connectivity index (χ1v) is 8.17. The number of nitrogens with one attached hydrogen (secondary N) is 1. The average Bonchev–Trinajstić information content (AvgIpc) is 2.70. The number of allylic oxidation sites excluding steroid dienone is 2. The molecule has 0 amide bonds. The van der Waals surface area contributed by atoms with E-state index in [0.29, 0.717) is 17.7 Å². The number of benzene rings is 3. The summed E-state index contributed by atoms with van der Waals surface area (Å²) in [4.78, 5) is 12.6. The smallest absolute Gasteiger partial charge is 0.205 e. The Bertz CT molecular complexity index is 1160. The third-order valence-corrected chi connectivity index (χ3v) is 4.58. The number of Topliss-reactive ketones (excluding diaryl/α,β-unsaturated/α-hetero) is 1. The molecule has 4 nitrogen and oxygen atoms in total. The lowest BCUT2D eigenvalue weighted by atomic mass is 9.83.